The maximum Gasteiger partial charge on any atom is 0.408 e. The average molecular weight is 564 g/mol. The van der Waals surface area contributed by atoms with Crippen LogP contribution in [0.4, 0.5) is 4.79 Å². The Morgan fingerprint density at radius 2 is 1.64 bits per heavy atom. The minimum absolute atomic E-state index is 0.0803. The van der Waals surface area contributed by atoms with Crippen LogP contribution in [-0.4, -0.2) is 59.0 Å². The van der Waals surface area contributed by atoms with Crippen LogP contribution in [0, 0.1) is 13.8 Å². The fourth-order valence-electron chi connectivity index (χ4n) is 4.44. The van der Waals surface area contributed by atoms with Crippen molar-refractivity contribution in [1.29, 1.82) is 0 Å². The molecule has 1 aromatic carbocycles. The van der Waals surface area contributed by atoms with E-state index in [-0.39, 0.29) is 17.9 Å². The van der Waals surface area contributed by atoms with Crippen LogP contribution in [0.2, 0.25) is 0 Å². The first-order chi connectivity index (χ1) is 18.3. The molecule has 7 nitrogen and oxygen atoms in total. The first kappa shape index (κ1) is 34.8. The van der Waals surface area contributed by atoms with E-state index in [9.17, 15) is 14.4 Å². The minimum Gasteiger partial charge on any atom is -0.444 e. The summed E-state index contributed by atoms with van der Waals surface area (Å²) < 4.78 is 5.49. The minimum atomic E-state index is -0.799. The third kappa shape index (κ3) is 13.1. The number of rotatable bonds is 16. The third-order valence-corrected chi connectivity index (χ3v) is 7.00. The van der Waals surface area contributed by atoms with Crippen LogP contribution in [0.25, 0.3) is 0 Å². The molecule has 222 valence electrons. The number of benzene rings is 1. The van der Waals surface area contributed by atoms with Crippen molar-refractivity contribution < 1.29 is 19.1 Å². The molecule has 1 aromatic rings. The number of carbonyl (C=O) groups is 3. The molecule has 0 saturated carbocycles. The van der Waals surface area contributed by atoms with Crippen molar-refractivity contribution in [2.24, 2.45) is 0 Å². The normalized spacial score (nSPS) is 13.1. The predicted molar refractivity (Wildman–Crippen MR) is 163 cm³/mol. The maximum absolute atomic E-state index is 14.3. The average Bonchev–Trinajstić information content (AvgIpc) is 2.83. The van der Waals surface area contributed by atoms with Crippen molar-refractivity contribution >= 4 is 29.7 Å². The van der Waals surface area contributed by atoms with Gasteiger partial charge in [-0.25, -0.2) is 4.79 Å². The van der Waals surface area contributed by atoms with Gasteiger partial charge in [0, 0.05) is 12.6 Å². The molecule has 3 amide bonds. The lowest BCUT2D eigenvalue weighted by atomic mass is 9.95. The zero-order valence-electron chi connectivity index (χ0n) is 25.8. The quantitative estimate of drug-likeness (QED) is 0.218. The van der Waals surface area contributed by atoms with Crippen molar-refractivity contribution in [1.82, 2.24) is 15.5 Å². The molecule has 2 unspecified atom stereocenters. The second kappa shape index (κ2) is 17.5. The second-order valence-corrected chi connectivity index (χ2v) is 12.7. The number of amides is 3. The third-order valence-electron chi connectivity index (χ3n) is 6.36. The van der Waals surface area contributed by atoms with Gasteiger partial charge >= 0.3 is 6.09 Å². The first-order valence-corrected chi connectivity index (χ1v) is 15.9. The number of hydrogen-bond donors (Lipinski definition) is 2. The highest BCUT2D eigenvalue weighted by Crippen LogP contribution is 2.28. The molecule has 0 spiro atoms. The molecule has 0 aliphatic rings. The summed E-state index contributed by atoms with van der Waals surface area (Å²) in [5, 5.41) is 5.87. The van der Waals surface area contributed by atoms with Gasteiger partial charge in [0.05, 0.1) is 0 Å². The van der Waals surface area contributed by atoms with Gasteiger partial charge in [0.1, 0.15) is 17.7 Å². The van der Waals surface area contributed by atoms with Crippen LogP contribution in [0.15, 0.2) is 18.2 Å². The van der Waals surface area contributed by atoms with Crippen molar-refractivity contribution in [3.05, 3.63) is 34.9 Å². The highest BCUT2D eigenvalue weighted by Gasteiger charge is 2.36. The molecule has 8 heteroatoms. The summed E-state index contributed by atoms with van der Waals surface area (Å²) in [5.41, 5.74) is 2.10. The highest BCUT2D eigenvalue weighted by molar-refractivity contribution is 7.98. The van der Waals surface area contributed by atoms with Crippen LogP contribution >= 0.6 is 11.8 Å². The largest absolute Gasteiger partial charge is 0.444 e. The Hall–Kier alpha value is -2.22. The fraction of sp³-hybridized carbons (Fsp3) is 0.710. The van der Waals surface area contributed by atoms with Crippen LogP contribution < -0.4 is 10.6 Å². The number of hydrogen-bond acceptors (Lipinski definition) is 5. The van der Waals surface area contributed by atoms with Crippen molar-refractivity contribution in [2.45, 2.75) is 124 Å². The van der Waals surface area contributed by atoms with Crippen molar-refractivity contribution in [2.75, 3.05) is 18.6 Å². The molecule has 0 aliphatic carbocycles. The fourth-order valence-corrected chi connectivity index (χ4v) is 4.91. The van der Waals surface area contributed by atoms with E-state index in [1.54, 1.807) is 37.4 Å². The van der Waals surface area contributed by atoms with Crippen LogP contribution in [-0.2, 0) is 14.3 Å². The Kier molecular flexibility index (Phi) is 15.6. The Morgan fingerprint density at radius 1 is 1.00 bits per heavy atom. The van der Waals surface area contributed by atoms with E-state index < -0.39 is 23.8 Å². The van der Waals surface area contributed by atoms with Crippen LogP contribution in [0.3, 0.4) is 0 Å². The predicted octanol–water partition coefficient (Wildman–Crippen LogP) is 6.70. The number of thioether (sulfide) groups is 1. The molecule has 0 saturated heterocycles. The lowest BCUT2D eigenvalue weighted by molar-refractivity contribution is -0.142. The summed E-state index contributed by atoms with van der Waals surface area (Å²) in [7, 11) is 0. The van der Waals surface area contributed by atoms with E-state index in [0.29, 0.717) is 18.7 Å². The molecule has 0 heterocycles. The smallest absolute Gasteiger partial charge is 0.408 e. The lowest BCUT2D eigenvalue weighted by Crippen LogP contribution is -2.54. The SMILES string of the molecule is CCCCCCCCN(C(=O)C(CCSC)NC(=O)OC(C)(C)C)C(C(=O)NC(C)C)c1cc(C)ccc1C. The van der Waals surface area contributed by atoms with E-state index in [1.807, 2.05) is 52.1 Å². The Balaban J connectivity index is 3.48. The van der Waals surface area contributed by atoms with E-state index in [1.165, 1.54) is 12.8 Å². The summed E-state index contributed by atoms with van der Waals surface area (Å²) in [6.45, 7) is 15.8. The number of alkyl carbamates (subject to hydrolysis) is 1. The molecular weight excluding hydrogens is 510 g/mol. The zero-order valence-corrected chi connectivity index (χ0v) is 26.6. The number of carbonyl (C=O) groups excluding carboxylic acids is 3. The number of nitrogens with zero attached hydrogens (tertiary/aromatic N) is 1. The molecule has 2 atom stereocenters. The molecule has 39 heavy (non-hydrogen) atoms. The van der Waals surface area contributed by atoms with Gasteiger partial charge in [-0.15, -0.1) is 0 Å². The van der Waals surface area contributed by atoms with Gasteiger partial charge in [0.25, 0.3) is 0 Å². The Bertz CT molecular complexity index is 914. The standard InChI is InChI=1S/C31H53N3O4S/c1-10-11-12-13-14-15-19-34(29(36)26(18-20-39-9)33-30(37)38-31(6,7)8)27(28(35)32-22(2)3)25-21-23(4)16-17-24(25)5/h16-17,21-22,26-27H,10-15,18-20H2,1-9H3,(H,32,35)(H,33,37). The van der Waals surface area contributed by atoms with Crippen LogP contribution in [0.5, 0.6) is 0 Å². The van der Waals surface area contributed by atoms with E-state index in [2.05, 4.69) is 17.6 Å². The molecule has 0 radical (unpaired) electrons. The van der Waals surface area contributed by atoms with Gasteiger partial charge in [-0.2, -0.15) is 11.8 Å². The van der Waals surface area contributed by atoms with Crippen molar-refractivity contribution in [3.63, 3.8) is 0 Å². The second-order valence-electron chi connectivity index (χ2n) is 11.7. The Labute approximate surface area is 241 Å². The number of ether oxygens (including phenoxy) is 1. The summed E-state index contributed by atoms with van der Waals surface area (Å²) in [4.78, 5) is 42.5. The first-order valence-electron chi connectivity index (χ1n) is 14.5. The number of nitrogens with one attached hydrogen (secondary N) is 2. The maximum atomic E-state index is 14.3. The highest BCUT2D eigenvalue weighted by atomic mass is 32.2. The topological polar surface area (TPSA) is 87.7 Å². The van der Waals surface area contributed by atoms with E-state index in [4.69, 9.17) is 4.74 Å². The monoisotopic (exact) mass is 563 g/mol. The van der Waals surface area contributed by atoms with Gasteiger partial charge in [0.15, 0.2) is 0 Å². The number of aryl methyl sites for hydroxylation is 2. The molecular formula is C31H53N3O4S. The van der Waals surface area contributed by atoms with Gasteiger partial charge < -0.3 is 20.3 Å². The van der Waals surface area contributed by atoms with Crippen LogP contribution in [0.1, 0.15) is 109 Å². The lowest BCUT2D eigenvalue weighted by Gasteiger charge is -2.35. The summed E-state index contributed by atoms with van der Waals surface area (Å²) in [6.07, 6.45) is 8.16. The Morgan fingerprint density at radius 3 is 2.23 bits per heavy atom. The summed E-state index contributed by atoms with van der Waals surface area (Å²) in [6, 6.07) is 4.33. The number of unbranched alkanes of at least 4 members (excludes halogenated alkanes) is 5. The van der Waals surface area contributed by atoms with E-state index >= 15 is 0 Å². The summed E-state index contributed by atoms with van der Waals surface area (Å²) >= 11 is 1.61. The van der Waals surface area contributed by atoms with Gasteiger partial charge in [0.2, 0.25) is 11.8 Å². The molecule has 0 aliphatic heterocycles. The van der Waals surface area contributed by atoms with Gasteiger partial charge in [-0.3, -0.25) is 9.59 Å². The van der Waals surface area contributed by atoms with Gasteiger partial charge in [-0.05, 0) is 84.4 Å². The molecule has 0 aromatic heterocycles. The zero-order chi connectivity index (χ0) is 29.6. The molecule has 0 bridgehead atoms. The molecule has 2 N–H and O–H groups in total. The van der Waals surface area contributed by atoms with E-state index in [0.717, 1.165) is 42.4 Å². The summed E-state index contributed by atoms with van der Waals surface area (Å²) in [5.74, 6) is 0.218. The molecule has 1 rings (SSSR count). The van der Waals surface area contributed by atoms with Gasteiger partial charge in [-0.1, -0.05) is 62.8 Å². The molecule has 0 fully saturated rings. The van der Waals surface area contributed by atoms with Crippen molar-refractivity contribution in [3.8, 4) is 0 Å².